The van der Waals surface area contributed by atoms with Crippen LogP contribution in [-0.2, 0) is 16.0 Å². The van der Waals surface area contributed by atoms with E-state index in [4.69, 9.17) is 22.1 Å². The Labute approximate surface area is 140 Å². The third kappa shape index (κ3) is 3.52. The first-order valence-corrected chi connectivity index (χ1v) is 8.57. The molecule has 0 saturated carbocycles. The van der Waals surface area contributed by atoms with Gasteiger partial charge in [-0.15, -0.1) is 0 Å². The molecule has 2 heterocycles. The van der Waals surface area contributed by atoms with E-state index in [1.165, 1.54) is 6.07 Å². The Hall–Kier alpha value is -1.17. The van der Waals surface area contributed by atoms with Gasteiger partial charge in [-0.2, -0.15) is 0 Å². The van der Waals surface area contributed by atoms with Gasteiger partial charge in [-0.25, -0.2) is 4.39 Å². The highest BCUT2D eigenvalue weighted by atomic mass is 35.5. The van der Waals surface area contributed by atoms with Crippen molar-refractivity contribution >= 4 is 17.5 Å². The molecule has 1 amide bonds. The van der Waals surface area contributed by atoms with Crippen LogP contribution in [0.1, 0.15) is 31.2 Å². The summed E-state index contributed by atoms with van der Waals surface area (Å²) >= 11 is 6.12. The Morgan fingerprint density at radius 1 is 1.39 bits per heavy atom. The Bertz CT molecular complexity index is 563. The molecule has 2 aliphatic rings. The summed E-state index contributed by atoms with van der Waals surface area (Å²) < 4.78 is 19.7. The number of benzene rings is 1. The molecule has 2 fully saturated rings. The number of nitrogens with two attached hydrogens (primary N) is 1. The second-order valence-electron chi connectivity index (χ2n) is 6.29. The second-order valence-corrected chi connectivity index (χ2v) is 6.70. The van der Waals surface area contributed by atoms with Gasteiger partial charge in [0.2, 0.25) is 0 Å². The highest BCUT2D eigenvalue weighted by Crippen LogP contribution is 2.29. The Morgan fingerprint density at radius 3 is 2.91 bits per heavy atom. The number of hydrogen-bond donors (Lipinski definition) is 1. The van der Waals surface area contributed by atoms with E-state index in [0.717, 1.165) is 19.3 Å². The molecule has 2 N–H and O–H groups in total. The molecular weight excluding hydrogens is 319 g/mol. The maximum absolute atomic E-state index is 14.0. The van der Waals surface area contributed by atoms with Crippen molar-refractivity contribution in [3.8, 4) is 0 Å². The second kappa shape index (κ2) is 7.16. The molecule has 0 spiro atoms. The molecule has 1 aromatic rings. The van der Waals surface area contributed by atoms with Crippen molar-refractivity contribution in [2.45, 2.75) is 50.4 Å². The molecule has 6 heteroatoms. The predicted octanol–water partition coefficient (Wildman–Crippen LogP) is 2.52. The molecule has 23 heavy (non-hydrogen) atoms. The van der Waals surface area contributed by atoms with Crippen LogP contribution >= 0.6 is 11.6 Å². The van der Waals surface area contributed by atoms with E-state index in [0.29, 0.717) is 36.5 Å². The van der Waals surface area contributed by atoms with Gasteiger partial charge in [0.25, 0.3) is 5.91 Å². The standard InChI is InChI=1S/C17H22ClFN2O2/c18-14-4-1-5-15(19)13(14)9-11-3-2-8-21(11)17(22)16-7-6-12(10-20)23-16/h1,4-5,11-12,16H,2-3,6-10,20H2/t11?,12-,16+/m1/s1. The van der Waals surface area contributed by atoms with Crippen LogP contribution < -0.4 is 5.73 Å². The van der Waals surface area contributed by atoms with E-state index in [-0.39, 0.29) is 23.9 Å². The van der Waals surface area contributed by atoms with E-state index in [2.05, 4.69) is 0 Å². The molecule has 0 bridgehead atoms. The van der Waals surface area contributed by atoms with Crippen molar-refractivity contribution in [3.63, 3.8) is 0 Å². The predicted molar refractivity (Wildman–Crippen MR) is 86.8 cm³/mol. The highest BCUT2D eigenvalue weighted by molar-refractivity contribution is 6.31. The minimum absolute atomic E-state index is 0.0101. The van der Waals surface area contributed by atoms with Crippen LogP contribution in [0.3, 0.4) is 0 Å². The number of rotatable bonds is 4. The molecule has 1 aromatic carbocycles. The number of carbonyl (C=O) groups is 1. The number of halogens is 2. The summed E-state index contributed by atoms with van der Waals surface area (Å²) in [6, 6.07) is 4.68. The van der Waals surface area contributed by atoms with Gasteiger partial charge in [0.1, 0.15) is 11.9 Å². The zero-order valence-corrected chi connectivity index (χ0v) is 13.8. The van der Waals surface area contributed by atoms with Crippen molar-refractivity contribution in [1.82, 2.24) is 4.90 Å². The number of likely N-dealkylation sites (tertiary alicyclic amines) is 1. The van der Waals surface area contributed by atoms with E-state index >= 15 is 0 Å². The molecule has 3 rings (SSSR count). The molecular formula is C17H22ClFN2O2. The Balaban J connectivity index is 1.69. The molecule has 2 saturated heterocycles. The van der Waals surface area contributed by atoms with Gasteiger partial charge in [0.15, 0.2) is 0 Å². The van der Waals surface area contributed by atoms with Crippen LogP contribution in [0.15, 0.2) is 18.2 Å². The maximum atomic E-state index is 14.0. The fourth-order valence-corrected chi connectivity index (χ4v) is 3.79. The summed E-state index contributed by atoms with van der Waals surface area (Å²) in [5.41, 5.74) is 6.10. The first-order chi connectivity index (χ1) is 11.1. The van der Waals surface area contributed by atoms with Crippen molar-refractivity contribution in [1.29, 1.82) is 0 Å². The van der Waals surface area contributed by atoms with Crippen molar-refractivity contribution < 1.29 is 13.9 Å². The van der Waals surface area contributed by atoms with Gasteiger partial charge < -0.3 is 15.4 Å². The van der Waals surface area contributed by atoms with Gasteiger partial charge in [-0.3, -0.25) is 4.79 Å². The highest BCUT2D eigenvalue weighted by Gasteiger charge is 2.37. The third-order valence-electron chi connectivity index (χ3n) is 4.81. The first-order valence-electron chi connectivity index (χ1n) is 8.19. The SMILES string of the molecule is NC[C@H]1CC[C@@H](C(=O)N2CCCC2Cc2c(F)cccc2Cl)O1. The summed E-state index contributed by atoms with van der Waals surface area (Å²) in [5, 5.41) is 0.421. The van der Waals surface area contributed by atoms with Crippen LogP contribution in [0.5, 0.6) is 0 Å². The maximum Gasteiger partial charge on any atom is 0.251 e. The van der Waals surface area contributed by atoms with E-state index in [1.807, 2.05) is 4.90 Å². The van der Waals surface area contributed by atoms with Crippen molar-refractivity contribution in [3.05, 3.63) is 34.6 Å². The summed E-state index contributed by atoms with van der Waals surface area (Å²) in [6.07, 6.45) is 3.35. The van der Waals surface area contributed by atoms with E-state index in [1.54, 1.807) is 12.1 Å². The summed E-state index contributed by atoms with van der Waals surface area (Å²) in [4.78, 5) is 14.6. The zero-order valence-electron chi connectivity index (χ0n) is 13.0. The van der Waals surface area contributed by atoms with Gasteiger partial charge in [-0.1, -0.05) is 17.7 Å². The lowest BCUT2D eigenvalue weighted by Crippen LogP contribution is -2.43. The minimum atomic E-state index is -0.403. The summed E-state index contributed by atoms with van der Waals surface area (Å²) in [6.45, 7) is 1.14. The topological polar surface area (TPSA) is 55.6 Å². The molecule has 0 aliphatic carbocycles. The molecule has 126 valence electrons. The molecule has 0 aromatic heterocycles. The quantitative estimate of drug-likeness (QED) is 0.916. The van der Waals surface area contributed by atoms with Crippen LogP contribution in [-0.4, -0.2) is 42.1 Å². The fourth-order valence-electron chi connectivity index (χ4n) is 3.55. The monoisotopic (exact) mass is 340 g/mol. The van der Waals surface area contributed by atoms with Crippen LogP contribution in [0, 0.1) is 5.82 Å². The molecule has 0 radical (unpaired) electrons. The number of hydrogen-bond acceptors (Lipinski definition) is 3. The number of ether oxygens (including phenoxy) is 1. The molecule has 1 unspecified atom stereocenters. The lowest BCUT2D eigenvalue weighted by Gasteiger charge is -2.28. The summed E-state index contributed by atoms with van der Waals surface area (Å²) in [5.74, 6) is -0.298. The Kier molecular flexibility index (Phi) is 5.19. The lowest BCUT2D eigenvalue weighted by atomic mass is 10.0. The van der Waals surface area contributed by atoms with Crippen molar-refractivity contribution in [2.75, 3.05) is 13.1 Å². The van der Waals surface area contributed by atoms with Crippen LogP contribution in [0.25, 0.3) is 0 Å². The zero-order chi connectivity index (χ0) is 16.4. The van der Waals surface area contributed by atoms with Gasteiger partial charge >= 0.3 is 0 Å². The third-order valence-corrected chi connectivity index (χ3v) is 5.16. The minimum Gasteiger partial charge on any atom is -0.364 e. The summed E-state index contributed by atoms with van der Waals surface area (Å²) in [7, 11) is 0. The van der Waals surface area contributed by atoms with E-state index in [9.17, 15) is 9.18 Å². The number of amides is 1. The lowest BCUT2D eigenvalue weighted by molar-refractivity contribution is -0.143. The molecule has 2 aliphatic heterocycles. The normalized spacial score (nSPS) is 27.6. The van der Waals surface area contributed by atoms with Crippen molar-refractivity contribution in [2.24, 2.45) is 5.73 Å². The van der Waals surface area contributed by atoms with Crippen LogP contribution in [0.4, 0.5) is 4.39 Å². The molecule has 4 nitrogen and oxygen atoms in total. The Morgan fingerprint density at radius 2 is 2.22 bits per heavy atom. The average molecular weight is 341 g/mol. The van der Waals surface area contributed by atoms with Gasteiger partial charge in [0, 0.05) is 29.7 Å². The number of carbonyl (C=O) groups excluding carboxylic acids is 1. The fraction of sp³-hybridized carbons (Fsp3) is 0.588. The number of nitrogens with zero attached hydrogens (tertiary/aromatic N) is 1. The first kappa shape index (κ1) is 16.7. The smallest absolute Gasteiger partial charge is 0.251 e. The molecule has 3 atom stereocenters. The van der Waals surface area contributed by atoms with Gasteiger partial charge in [0.05, 0.1) is 6.10 Å². The largest absolute Gasteiger partial charge is 0.364 e. The van der Waals surface area contributed by atoms with Crippen LogP contribution in [0.2, 0.25) is 5.02 Å². The van der Waals surface area contributed by atoms with Gasteiger partial charge in [-0.05, 0) is 44.2 Å². The van der Waals surface area contributed by atoms with E-state index < -0.39 is 6.10 Å². The average Bonchev–Trinajstić information content (AvgIpc) is 3.19.